The highest BCUT2D eigenvalue weighted by Gasteiger charge is 1.95. The second kappa shape index (κ2) is 5.06. The van der Waals surface area contributed by atoms with Crippen LogP contribution in [0.2, 0.25) is 0 Å². The first-order valence-electron chi connectivity index (χ1n) is 4.53. The van der Waals surface area contributed by atoms with E-state index in [2.05, 4.69) is 43.0 Å². The second-order valence-corrected chi connectivity index (χ2v) is 4.17. The van der Waals surface area contributed by atoms with E-state index in [1.165, 1.54) is 0 Å². The number of anilines is 1. The number of halogens is 1. The van der Waals surface area contributed by atoms with Gasteiger partial charge in [-0.15, -0.1) is 0 Å². The van der Waals surface area contributed by atoms with Gasteiger partial charge in [-0.3, -0.25) is 4.68 Å². The Bertz CT molecular complexity index is 397. The molecule has 2 rings (SSSR count). The molecule has 5 nitrogen and oxygen atoms in total. The molecule has 0 radical (unpaired) electrons. The second-order valence-electron chi connectivity index (χ2n) is 2.92. The Morgan fingerprint density at radius 1 is 1.33 bits per heavy atom. The van der Waals surface area contributed by atoms with E-state index in [9.17, 15) is 0 Å². The van der Waals surface area contributed by atoms with Crippen LogP contribution in [-0.4, -0.2) is 26.3 Å². The van der Waals surface area contributed by atoms with Gasteiger partial charge >= 0.3 is 0 Å². The van der Waals surface area contributed by atoms with E-state index in [0.717, 1.165) is 16.7 Å². The molecule has 2 aromatic rings. The monoisotopic (exact) mass is 315 g/mol. The molecule has 1 N–H and O–H groups in total. The lowest BCUT2D eigenvalue weighted by Crippen LogP contribution is -2.12. The van der Waals surface area contributed by atoms with Crippen LogP contribution in [0.1, 0.15) is 0 Å². The molecular formula is C9H10IN5. The fourth-order valence-electron chi connectivity index (χ4n) is 1.12. The zero-order valence-corrected chi connectivity index (χ0v) is 10.1. The highest BCUT2D eigenvalue weighted by Crippen LogP contribution is 2.02. The van der Waals surface area contributed by atoms with Crippen LogP contribution in [0.5, 0.6) is 0 Å². The van der Waals surface area contributed by atoms with Crippen LogP contribution >= 0.6 is 22.6 Å². The molecule has 78 valence electrons. The molecule has 0 fully saturated rings. The molecule has 0 aliphatic heterocycles. The molecule has 2 aromatic heterocycles. The van der Waals surface area contributed by atoms with Crippen LogP contribution < -0.4 is 5.32 Å². The van der Waals surface area contributed by atoms with Crippen LogP contribution in [0, 0.1) is 3.57 Å². The molecule has 0 aliphatic rings. The molecule has 0 unspecified atom stereocenters. The maximum absolute atomic E-state index is 4.14. The van der Waals surface area contributed by atoms with Crippen molar-refractivity contribution >= 4 is 28.5 Å². The molecule has 0 aliphatic carbocycles. The Morgan fingerprint density at radius 3 is 2.80 bits per heavy atom. The Balaban J connectivity index is 1.81. The van der Waals surface area contributed by atoms with Crippen LogP contribution in [0.25, 0.3) is 0 Å². The van der Waals surface area contributed by atoms with Gasteiger partial charge in [0, 0.05) is 34.9 Å². The molecule has 2 heterocycles. The van der Waals surface area contributed by atoms with Crippen LogP contribution in [0.4, 0.5) is 5.95 Å². The van der Waals surface area contributed by atoms with Crippen molar-refractivity contribution in [3.8, 4) is 0 Å². The fourth-order valence-corrected chi connectivity index (χ4v) is 1.40. The van der Waals surface area contributed by atoms with Crippen molar-refractivity contribution in [2.45, 2.75) is 6.54 Å². The molecule has 0 aromatic carbocycles. The van der Waals surface area contributed by atoms with E-state index in [4.69, 9.17) is 0 Å². The van der Waals surface area contributed by atoms with Gasteiger partial charge in [-0.25, -0.2) is 9.97 Å². The minimum Gasteiger partial charge on any atom is -0.352 e. The molecule has 0 bridgehead atoms. The molecule has 0 amide bonds. The Morgan fingerprint density at radius 2 is 2.13 bits per heavy atom. The summed E-state index contributed by atoms with van der Waals surface area (Å²) >= 11 is 2.18. The van der Waals surface area contributed by atoms with E-state index in [0.29, 0.717) is 5.95 Å². The summed E-state index contributed by atoms with van der Waals surface area (Å²) in [6.07, 6.45) is 7.26. The third-order valence-electron chi connectivity index (χ3n) is 1.80. The van der Waals surface area contributed by atoms with Crippen molar-refractivity contribution in [3.63, 3.8) is 0 Å². The summed E-state index contributed by atoms with van der Waals surface area (Å²) < 4.78 is 2.89. The summed E-state index contributed by atoms with van der Waals surface area (Å²) in [4.78, 5) is 8.28. The van der Waals surface area contributed by atoms with Gasteiger partial charge in [0.25, 0.3) is 0 Å². The van der Waals surface area contributed by atoms with E-state index in [-0.39, 0.29) is 0 Å². The van der Waals surface area contributed by atoms with Gasteiger partial charge in [0.2, 0.25) is 5.95 Å². The van der Waals surface area contributed by atoms with Crippen molar-refractivity contribution in [2.75, 3.05) is 11.9 Å². The van der Waals surface area contributed by atoms with Crippen LogP contribution in [0.15, 0.2) is 30.9 Å². The SMILES string of the molecule is Ic1cnc(NCCn2cccn2)nc1. The Kier molecular flexibility index (Phi) is 3.49. The average Bonchev–Trinajstić information content (AvgIpc) is 2.74. The quantitative estimate of drug-likeness (QED) is 0.867. The smallest absolute Gasteiger partial charge is 0.222 e. The first kappa shape index (κ1) is 10.3. The standard InChI is InChI=1S/C9H10IN5/c10-8-6-12-9(13-7-8)11-3-5-15-4-1-2-14-15/h1-2,4,6-7H,3,5H2,(H,11,12,13). The van der Waals surface area contributed by atoms with E-state index >= 15 is 0 Å². The molecule has 6 heteroatoms. The summed E-state index contributed by atoms with van der Waals surface area (Å²) in [7, 11) is 0. The zero-order valence-electron chi connectivity index (χ0n) is 7.97. The summed E-state index contributed by atoms with van der Waals surface area (Å²) in [5.41, 5.74) is 0. The van der Waals surface area contributed by atoms with Gasteiger partial charge in [0.15, 0.2) is 0 Å². The first-order chi connectivity index (χ1) is 7.34. The highest BCUT2D eigenvalue weighted by atomic mass is 127. The number of hydrogen-bond donors (Lipinski definition) is 1. The zero-order chi connectivity index (χ0) is 10.5. The molecular weight excluding hydrogens is 305 g/mol. The first-order valence-corrected chi connectivity index (χ1v) is 5.61. The maximum Gasteiger partial charge on any atom is 0.222 e. The van der Waals surface area contributed by atoms with Gasteiger partial charge < -0.3 is 5.32 Å². The molecule has 15 heavy (non-hydrogen) atoms. The topological polar surface area (TPSA) is 55.6 Å². The normalized spacial score (nSPS) is 10.2. The van der Waals surface area contributed by atoms with Crippen molar-refractivity contribution in [1.82, 2.24) is 19.7 Å². The van der Waals surface area contributed by atoms with E-state index in [1.807, 2.05) is 16.9 Å². The minimum atomic E-state index is 0.655. The van der Waals surface area contributed by atoms with Crippen molar-refractivity contribution in [1.29, 1.82) is 0 Å². The molecule has 0 spiro atoms. The van der Waals surface area contributed by atoms with Crippen molar-refractivity contribution < 1.29 is 0 Å². The summed E-state index contributed by atoms with van der Waals surface area (Å²) in [6, 6.07) is 1.90. The largest absolute Gasteiger partial charge is 0.352 e. The summed E-state index contributed by atoms with van der Waals surface area (Å²) in [5.74, 6) is 0.655. The van der Waals surface area contributed by atoms with Gasteiger partial charge in [0.05, 0.1) is 6.54 Å². The van der Waals surface area contributed by atoms with E-state index in [1.54, 1.807) is 18.6 Å². The highest BCUT2D eigenvalue weighted by molar-refractivity contribution is 14.1. The fraction of sp³-hybridized carbons (Fsp3) is 0.222. The van der Waals surface area contributed by atoms with Gasteiger partial charge in [-0.2, -0.15) is 5.10 Å². The number of nitrogens with one attached hydrogen (secondary N) is 1. The Labute approximate surface area is 101 Å². The maximum atomic E-state index is 4.14. The predicted octanol–water partition coefficient (Wildman–Crippen LogP) is 1.39. The van der Waals surface area contributed by atoms with Crippen LogP contribution in [0.3, 0.4) is 0 Å². The number of nitrogens with zero attached hydrogens (tertiary/aromatic N) is 4. The predicted molar refractivity (Wildman–Crippen MR) is 65.5 cm³/mol. The Hall–Kier alpha value is -1.18. The summed E-state index contributed by atoms with van der Waals surface area (Å²) in [5, 5.41) is 7.22. The van der Waals surface area contributed by atoms with Crippen LogP contribution in [-0.2, 0) is 6.54 Å². The lowest BCUT2D eigenvalue weighted by Gasteiger charge is -2.04. The lowest BCUT2D eigenvalue weighted by atomic mass is 10.6. The number of aromatic nitrogens is 4. The molecule has 0 atom stereocenters. The lowest BCUT2D eigenvalue weighted by molar-refractivity contribution is 0.636. The van der Waals surface area contributed by atoms with Gasteiger partial charge in [0.1, 0.15) is 0 Å². The number of hydrogen-bond acceptors (Lipinski definition) is 4. The molecule has 0 saturated carbocycles. The van der Waals surface area contributed by atoms with Crippen molar-refractivity contribution in [2.24, 2.45) is 0 Å². The van der Waals surface area contributed by atoms with E-state index < -0.39 is 0 Å². The molecule has 0 saturated heterocycles. The average molecular weight is 315 g/mol. The van der Waals surface area contributed by atoms with Crippen molar-refractivity contribution in [3.05, 3.63) is 34.4 Å². The third kappa shape index (κ3) is 3.15. The third-order valence-corrected chi connectivity index (χ3v) is 2.36. The van der Waals surface area contributed by atoms with Gasteiger partial charge in [-0.05, 0) is 28.7 Å². The minimum absolute atomic E-state index is 0.655. The summed E-state index contributed by atoms with van der Waals surface area (Å²) in [6.45, 7) is 1.57. The van der Waals surface area contributed by atoms with Gasteiger partial charge in [-0.1, -0.05) is 0 Å². The number of rotatable bonds is 4.